The molecule has 0 spiro atoms. The van der Waals surface area contributed by atoms with E-state index in [4.69, 9.17) is 0 Å². The number of hydrogen-bond donors (Lipinski definition) is 1. The van der Waals surface area contributed by atoms with Crippen LogP contribution < -0.4 is 0 Å². The lowest BCUT2D eigenvalue weighted by molar-refractivity contribution is -0.109. The molecule has 0 amide bonds. The molecule has 0 fully saturated rings. The molecule has 0 aliphatic carbocycles. The number of aliphatic hydroxyl groups is 1. The topological polar surface area (TPSA) is 37.3 Å². The van der Waals surface area contributed by atoms with Gasteiger partial charge >= 0.3 is 0 Å². The number of rotatable bonds is 4. The molecule has 2 nitrogen and oxygen atoms in total. The van der Waals surface area contributed by atoms with E-state index >= 15 is 0 Å². The molecule has 13 heavy (non-hydrogen) atoms. The molecule has 1 aromatic rings. The standard InChI is InChI=1S/C11H14O2/c1-2-9-3-5-10(6-4-9)11(13)7-8-12/h3-6,8,11,13H,2,7H2,1H3. The third-order valence-corrected chi connectivity index (χ3v) is 2.09. The number of aliphatic hydroxyl groups excluding tert-OH is 1. The number of carbonyl (C=O) groups excluding carboxylic acids is 1. The summed E-state index contributed by atoms with van der Waals surface area (Å²) in [6, 6.07) is 7.69. The van der Waals surface area contributed by atoms with Gasteiger partial charge in [0.1, 0.15) is 6.29 Å². The minimum absolute atomic E-state index is 0.172. The summed E-state index contributed by atoms with van der Waals surface area (Å²) in [6.07, 6.45) is 1.25. The number of benzene rings is 1. The van der Waals surface area contributed by atoms with E-state index in [1.807, 2.05) is 24.3 Å². The van der Waals surface area contributed by atoms with Crippen LogP contribution >= 0.6 is 0 Å². The fourth-order valence-electron chi connectivity index (χ4n) is 1.20. The Balaban J connectivity index is 2.73. The lowest BCUT2D eigenvalue weighted by Gasteiger charge is -2.07. The van der Waals surface area contributed by atoms with Gasteiger partial charge < -0.3 is 9.90 Å². The predicted molar refractivity (Wildman–Crippen MR) is 51.5 cm³/mol. The normalized spacial score (nSPS) is 12.5. The summed E-state index contributed by atoms with van der Waals surface area (Å²) in [5.74, 6) is 0. The molecular formula is C11H14O2. The fourth-order valence-corrected chi connectivity index (χ4v) is 1.20. The highest BCUT2D eigenvalue weighted by atomic mass is 16.3. The second-order valence-electron chi connectivity index (χ2n) is 3.01. The van der Waals surface area contributed by atoms with Crippen molar-refractivity contribution < 1.29 is 9.90 Å². The van der Waals surface area contributed by atoms with Gasteiger partial charge in [-0.25, -0.2) is 0 Å². The summed E-state index contributed by atoms with van der Waals surface area (Å²) in [4.78, 5) is 10.2. The molecule has 0 heterocycles. The molecule has 1 rings (SSSR count). The smallest absolute Gasteiger partial charge is 0.122 e. The summed E-state index contributed by atoms with van der Waals surface area (Å²) in [5.41, 5.74) is 2.05. The van der Waals surface area contributed by atoms with Crippen LogP contribution in [0.5, 0.6) is 0 Å². The van der Waals surface area contributed by atoms with E-state index in [0.717, 1.165) is 18.3 Å². The van der Waals surface area contributed by atoms with Crippen LogP contribution in [0, 0.1) is 0 Å². The third-order valence-electron chi connectivity index (χ3n) is 2.09. The molecular weight excluding hydrogens is 164 g/mol. The Hall–Kier alpha value is -1.15. The van der Waals surface area contributed by atoms with E-state index in [1.165, 1.54) is 5.56 Å². The van der Waals surface area contributed by atoms with Crippen molar-refractivity contribution in [3.63, 3.8) is 0 Å². The monoisotopic (exact) mass is 178 g/mol. The number of aldehydes is 1. The van der Waals surface area contributed by atoms with Crippen LogP contribution in [0.3, 0.4) is 0 Å². The summed E-state index contributed by atoms with van der Waals surface area (Å²) < 4.78 is 0. The molecule has 0 saturated heterocycles. The largest absolute Gasteiger partial charge is 0.388 e. The number of carbonyl (C=O) groups is 1. The second-order valence-corrected chi connectivity index (χ2v) is 3.01. The van der Waals surface area contributed by atoms with Crippen molar-refractivity contribution >= 4 is 6.29 Å². The van der Waals surface area contributed by atoms with Crippen LogP contribution in [0.25, 0.3) is 0 Å². The molecule has 0 saturated carbocycles. The van der Waals surface area contributed by atoms with E-state index in [1.54, 1.807) is 0 Å². The zero-order valence-corrected chi connectivity index (χ0v) is 7.73. The molecule has 1 aromatic carbocycles. The van der Waals surface area contributed by atoms with Crippen molar-refractivity contribution in [1.29, 1.82) is 0 Å². The molecule has 2 heteroatoms. The third kappa shape index (κ3) is 2.67. The predicted octanol–water partition coefficient (Wildman–Crippen LogP) is 1.87. The summed E-state index contributed by atoms with van der Waals surface area (Å²) in [5, 5.41) is 9.45. The molecule has 1 unspecified atom stereocenters. The van der Waals surface area contributed by atoms with Crippen molar-refractivity contribution in [3.05, 3.63) is 35.4 Å². The molecule has 0 radical (unpaired) electrons. The lowest BCUT2D eigenvalue weighted by Crippen LogP contribution is -1.97. The van der Waals surface area contributed by atoms with Crippen molar-refractivity contribution in [2.24, 2.45) is 0 Å². The zero-order valence-electron chi connectivity index (χ0n) is 7.73. The molecule has 70 valence electrons. The van der Waals surface area contributed by atoms with Crippen LogP contribution in [0.4, 0.5) is 0 Å². The first-order valence-corrected chi connectivity index (χ1v) is 4.48. The van der Waals surface area contributed by atoms with Crippen molar-refractivity contribution in [1.82, 2.24) is 0 Å². The fraction of sp³-hybridized carbons (Fsp3) is 0.364. The van der Waals surface area contributed by atoms with Crippen LogP contribution in [-0.2, 0) is 11.2 Å². The van der Waals surface area contributed by atoms with Gasteiger partial charge in [0.05, 0.1) is 6.10 Å². The van der Waals surface area contributed by atoms with E-state index < -0.39 is 6.10 Å². The van der Waals surface area contributed by atoms with E-state index in [9.17, 15) is 9.90 Å². The van der Waals surface area contributed by atoms with E-state index in [-0.39, 0.29) is 6.42 Å². The van der Waals surface area contributed by atoms with Gasteiger partial charge in [-0.2, -0.15) is 0 Å². The average Bonchev–Trinajstić information content (AvgIpc) is 2.18. The van der Waals surface area contributed by atoms with Gasteiger partial charge in [0, 0.05) is 6.42 Å². The maximum atomic E-state index is 10.2. The van der Waals surface area contributed by atoms with Crippen LogP contribution in [0.15, 0.2) is 24.3 Å². The first-order chi connectivity index (χ1) is 6.27. The van der Waals surface area contributed by atoms with Gasteiger partial charge in [-0.3, -0.25) is 0 Å². The lowest BCUT2D eigenvalue weighted by atomic mass is 10.0. The molecule has 1 N–H and O–H groups in total. The van der Waals surface area contributed by atoms with Crippen LogP contribution in [0.2, 0.25) is 0 Å². The van der Waals surface area contributed by atoms with Gasteiger partial charge in [0.15, 0.2) is 0 Å². The van der Waals surface area contributed by atoms with Gasteiger partial charge in [-0.15, -0.1) is 0 Å². The molecule has 0 bridgehead atoms. The number of aryl methyl sites for hydroxylation is 1. The maximum absolute atomic E-state index is 10.2. The minimum atomic E-state index is -0.650. The Labute approximate surface area is 78.2 Å². The van der Waals surface area contributed by atoms with Gasteiger partial charge in [-0.05, 0) is 17.5 Å². The van der Waals surface area contributed by atoms with Crippen molar-refractivity contribution in [2.75, 3.05) is 0 Å². The highest BCUT2D eigenvalue weighted by Gasteiger charge is 2.05. The highest BCUT2D eigenvalue weighted by Crippen LogP contribution is 2.15. The Kier molecular flexibility index (Phi) is 3.65. The minimum Gasteiger partial charge on any atom is -0.388 e. The molecule has 0 aromatic heterocycles. The Bertz CT molecular complexity index is 264. The van der Waals surface area contributed by atoms with E-state index in [2.05, 4.69) is 6.92 Å². The molecule has 0 aliphatic heterocycles. The molecule has 0 aliphatic rings. The van der Waals surface area contributed by atoms with Gasteiger partial charge in [0.25, 0.3) is 0 Å². The van der Waals surface area contributed by atoms with Crippen molar-refractivity contribution in [2.45, 2.75) is 25.9 Å². The van der Waals surface area contributed by atoms with Gasteiger partial charge in [-0.1, -0.05) is 31.2 Å². The Morgan fingerprint density at radius 2 is 2.00 bits per heavy atom. The van der Waals surface area contributed by atoms with Crippen molar-refractivity contribution in [3.8, 4) is 0 Å². The quantitative estimate of drug-likeness (QED) is 0.715. The number of hydrogen-bond acceptors (Lipinski definition) is 2. The molecule has 1 atom stereocenters. The zero-order chi connectivity index (χ0) is 9.68. The SMILES string of the molecule is CCc1ccc(C(O)CC=O)cc1. The average molecular weight is 178 g/mol. The summed E-state index contributed by atoms with van der Waals surface area (Å²) in [7, 11) is 0. The Morgan fingerprint density at radius 3 is 2.46 bits per heavy atom. The van der Waals surface area contributed by atoms with E-state index in [0.29, 0.717) is 0 Å². The summed E-state index contributed by atoms with van der Waals surface area (Å²) >= 11 is 0. The van der Waals surface area contributed by atoms with Crippen LogP contribution in [0.1, 0.15) is 30.6 Å². The van der Waals surface area contributed by atoms with Crippen LogP contribution in [-0.4, -0.2) is 11.4 Å². The maximum Gasteiger partial charge on any atom is 0.122 e. The first-order valence-electron chi connectivity index (χ1n) is 4.48. The van der Waals surface area contributed by atoms with Gasteiger partial charge in [0.2, 0.25) is 0 Å². The summed E-state index contributed by atoms with van der Waals surface area (Å²) in [6.45, 7) is 2.08. The first kappa shape index (κ1) is 9.93. The Morgan fingerprint density at radius 1 is 1.38 bits per heavy atom. The second kappa shape index (κ2) is 4.77. The highest BCUT2D eigenvalue weighted by molar-refractivity contribution is 5.51.